The maximum absolute atomic E-state index is 8.54. The fraction of sp³-hybridized carbons (Fsp3) is 0.364. The zero-order valence-corrected chi connectivity index (χ0v) is 7.91. The van der Waals surface area contributed by atoms with E-state index in [0.717, 1.165) is 0 Å². The molecule has 0 aliphatic carbocycles. The molecule has 0 saturated carbocycles. The number of nitriles is 1. The van der Waals surface area contributed by atoms with Crippen LogP contribution in [0.3, 0.4) is 0 Å². The third kappa shape index (κ3) is 5.49. The fourth-order valence-electron chi connectivity index (χ4n) is 0.644. The maximum atomic E-state index is 8.54. The summed E-state index contributed by atoms with van der Waals surface area (Å²) >= 11 is 0. The van der Waals surface area contributed by atoms with E-state index in [-0.39, 0.29) is 0 Å². The van der Waals surface area contributed by atoms with E-state index in [4.69, 9.17) is 5.26 Å². The van der Waals surface area contributed by atoms with Gasteiger partial charge in [-0.25, -0.2) is 0 Å². The highest BCUT2D eigenvalue weighted by Gasteiger charge is 1.82. The molecule has 0 amide bonds. The van der Waals surface area contributed by atoms with E-state index in [2.05, 4.69) is 26.0 Å². The first-order valence-electron chi connectivity index (χ1n) is 4.12. The Kier molecular flexibility index (Phi) is 5.73. The Morgan fingerprint density at radius 2 is 2.00 bits per heavy atom. The highest BCUT2D eigenvalue weighted by Crippen LogP contribution is 1.96. The second kappa shape index (κ2) is 6.42. The standard InChI is InChI=1S/C11H15N/c1-4-11(9-12)8-6-5-7-10(2)3/h4-8,10H,1-3H3/b7-5-,8-6-,11-4+. The molecule has 12 heavy (non-hydrogen) atoms. The van der Waals surface area contributed by atoms with Crippen molar-refractivity contribution in [2.24, 2.45) is 5.92 Å². The summed E-state index contributed by atoms with van der Waals surface area (Å²) in [5, 5.41) is 8.54. The molecule has 0 radical (unpaired) electrons. The van der Waals surface area contributed by atoms with Crippen molar-refractivity contribution in [3.8, 4) is 6.07 Å². The van der Waals surface area contributed by atoms with Crippen molar-refractivity contribution in [2.45, 2.75) is 20.8 Å². The Bertz CT molecular complexity index is 236. The van der Waals surface area contributed by atoms with Crippen LogP contribution in [0, 0.1) is 17.2 Å². The largest absolute Gasteiger partial charge is 0.192 e. The van der Waals surface area contributed by atoms with Crippen LogP contribution in [-0.2, 0) is 0 Å². The van der Waals surface area contributed by atoms with E-state index in [1.54, 1.807) is 12.2 Å². The van der Waals surface area contributed by atoms with E-state index in [9.17, 15) is 0 Å². The first-order chi connectivity index (χ1) is 5.70. The van der Waals surface area contributed by atoms with Crippen molar-refractivity contribution in [1.82, 2.24) is 0 Å². The van der Waals surface area contributed by atoms with E-state index in [1.165, 1.54) is 0 Å². The minimum absolute atomic E-state index is 0.561. The van der Waals surface area contributed by atoms with Crippen LogP contribution in [-0.4, -0.2) is 0 Å². The highest BCUT2D eigenvalue weighted by molar-refractivity contribution is 5.33. The van der Waals surface area contributed by atoms with Gasteiger partial charge in [0.1, 0.15) is 0 Å². The average molecular weight is 161 g/mol. The normalized spacial score (nSPS) is 13.1. The third-order valence-corrected chi connectivity index (χ3v) is 1.32. The van der Waals surface area contributed by atoms with Crippen LogP contribution in [0.25, 0.3) is 0 Å². The predicted octanol–water partition coefficient (Wildman–Crippen LogP) is 3.22. The Morgan fingerprint density at radius 1 is 1.33 bits per heavy atom. The van der Waals surface area contributed by atoms with E-state index in [0.29, 0.717) is 11.5 Å². The molecular weight excluding hydrogens is 146 g/mol. The second-order valence-electron chi connectivity index (χ2n) is 2.84. The summed E-state index contributed by atoms with van der Waals surface area (Å²) in [7, 11) is 0. The van der Waals surface area contributed by atoms with Crippen molar-refractivity contribution in [1.29, 1.82) is 5.26 Å². The number of hydrogen-bond acceptors (Lipinski definition) is 1. The van der Waals surface area contributed by atoms with Gasteiger partial charge in [-0.3, -0.25) is 0 Å². The van der Waals surface area contributed by atoms with Gasteiger partial charge in [0.25, 0.3) is 0 Å². The highest BCUT2D eigenvalue weighted by atomic mass is 14.2. The SMILES string of the molecule is C\C=C(C#N)/C=C\C=C/C(C)C. The molecular formula is C11H15N. The molecule has 1 heteroatoms. The molecule has 0 aromatic heterocycles. The monoisotopic (exact) mass is 161 g/mol. The summed E-state index contributed by atoms with van der Waals surface area (Å²) in [6.45, 7) is 6.09. The number of nitrogens with zero attached hydrogens (tertiary/aromatic N) is 1. The topological polar surface area (TPSA) is 23.8 Å². The number of rotatable bonds is 3. The van der Waals surface area contributed by atoms with Gasteiger partial charge in [-0.05, 0) is 18.9 Å². The van der Waals surface area contributed by atoms with Gasteiger partial charge in [0, 0.05) is 5.57 Å². The smallest absolute Gasteiger partial charge is 0.0988 e. The Morgan fingerprint density at radius 3 is 2.42 bits per heavy atom. The van der Waals surface area contributed by atoms with Crippen molar-refractivity contribution < 1.29 is 0 Å². The molecule has 0 saturated heterocycles. The molecule has 0 N–H and O–H groups in total. The van der Waals surface area contributed by atoms with Crippen LogP contribution in [0.15, 0.2) is 36.0 Å². The molecule has 0 spiro atoms. The predicted molar refractivity (Wildman–Crippen MR) is 52.5 cm³/mol. The molecule has 0 aliphatic rings. The van der Waals surface area contributed by atoms with Gasteiger partial charge in [-0.15, -0.1) is 0 Å². The van der Waals surface area contributed by atoms with Gasteiger partial charge in [0.15, 0.2) is 0 Å². The number of allylic oxidation sites excluding steroid dienone is 6. The Balaban J connectivity index is 4.02. The first kappa shape index (κ1) is 10.7. The molecule has 0 fully saturated rings. The van der Waals surface area contributed by atoms with Gasteiger partial charge in [-0.2, -0.15) is 5.26 Å². The molecule has 64 valence electrons. The lowest BCUT2D eigenvalue weighted by Crippen LogP contribution is -1.75. The van der Waals surface area contributed by atoms with Crippen LogP contribution >= 0.6 is 0 Å². The molecule has 0 aromatic carbocycles. The van der Waals surface area contributed by atoms with Gasteiger partial charge in [0.05, 0.1) is 6.07 Å². The summed E-state index contributed by atoms with van der Waals surface area (Å²) in [6.07, 6.45) is 9.53. The maximum Gasteiger partial charge on any atom is 0.0988 e. The zero-order chi connectivity index (χ0) is 9.40. The van der Waals surface area contributed by atoms with Crippen molar-refractivity contribution in [2.75, 3.05) is 0 Å². The lowest BCUT2D eigenvalue weighted by atomic mass is 10.2. The summed E-state index contributed by atoms with van der Waals surface area (Å²) in [6, 6.07) is 2.08. The Labute approximate surface area is 74.7 Å². The van der Waals surface area contributed by atoms with E-state index < -0.39 is 0 Å². The lowest BCUT2D eigenvalue weighted by Gasteiger charge is -1.89. The van der Waals surface area contributed by atoms with Crippen LogP contribution in [0.2, 0.25) is 0 Å². The van der Waals surface area contributed by atoms with Crippen LogP contribution in [0.4, 0.5) is 0 Å². The summed E-state index contributed by atoms with van der Waals surface area (Å²) < 4.78 is 0. The summed E-state index contributed by atoms with van der Waals surface area (Å²) in [4.78, 5) is 0. The second-order valence-corrected chi connectivity index (χ2v) is 2.84. The van der Waals surface area contributed by atoms with Crippen molar-refractivity contribution in [3.05, 3.63) is 36.0 Å². The summed E-state index contributed by atoms with van der Waals surface area (Å²) in [5.74, 6) is 0.561. The molecule has 0 atom stereocenters. The van der Waals surface area contributed by atoms with Gasteiger partial charge in [-0.1, -0.05) is 38.2 Å². The van der Waals surface area contributed by atoms with Crippen molar-refractivity contribution in [3.63, 3.8) is 0 Å². The molecule has 0 aliphatic heterocycles. The summed E-state index contributed by atoms with van der Waals surface area (Å²) in [5.41, 5.74) is 0.698. The molecule has 0 rings (SSSR count). The van der Waals surface area contributed by atoms with Crippen LogP contribution in [0.1, 0.15) is 20.8 Å². The molecule has 1 nitrogen and oxygen atoms in total. The quantitative estimate of drug-likeness (QED) is 0.460. The van der Waals surface area contributed by atoms with Crippen molar-refractivity contribution >= 4 is 0 Å². The minimum Gasteiger partial charge on any atom is -0.192 e. The first-order valence-corrected chi connectivity index (χ1v) is 4.12. The third-order valence-electron chi connectivity index (χ3n) is 1.32. The average Bonchev–Trinajstić information content (AvgIpc) is 2.04. The fourth-order valence-corrected chi connectivity index (χ4v) is 0.644. The lowest BCUT2D eigenvalue weighted by molar-refractivity contribution is 0.832. The number of hydrogen-bond donors (Lipinski definition) is 0. The van der Waals surface area contributed by atoms with Crippen LogP contribution < -0.4 is 0 Å². The Hall–Kier alpha value is -1.29. The van der Waals surface area contributed by atoms with E-state index >= 15 is 0 Å². The van der Waals surface area contributed by atoms with Gasteiger partial charge < -0.3 is 0 Å². The zero-order valence-electron chi connectivity index (χ0n) is 7.91. The van der Waals surface area contributed by atoms with Crippen LogP contribution in [0.5, 0.6) is 0 Å². The van der Waals surface area contributed by atoms with Gasteiger partial charge >= 0.3 is 0 Å². The van der Waals surface area contributed by atoms with E-state index in [1.807, 2.05) is 19.1 Å². The molecule has 0 bridgehead atoms. The minimum atomic E-state index is 0.561. The van der Waals surface area contributed by atoms with Gasteiger partial charge in [0.2, 0.25) is 0 Å². The molecule has 0 unspecified atom stereocenters. The molecule has 0 heterocycles. The molecule has 0 aromatic rings.